The number of ether oxygens (including phenoxy) is 2. The molecule has 1 aromatic carbocycles. The maximum Gasteiger partial charge on any atom is 0.120 e. The lowest BCUT2D eigenvalue weighted by Crippen LogP contribution is -2.29. The summed E-state index contributed by atoms with van der Waals surface area (Å²) < 4.78 is 11.2. The van der Waals surface area contributed by atoms with Crippen molar-refractivity contribution < 1.29 is 9.47 Å². The molecule has 0 radical (unpaired) electrons. The van der Waals surface area contributed by atoms with Gasteiger partial charge in [-0.1, -0.05) is 18.5 Å². The molecule has 0 bridgehead atoms. The summed E-state index contributed by atoms with van der Waals surface area (Å²) in [6.07, 6.45) is 1.14. The van der Waals surface area contributed by atoms with E-state index in [1.54, 1.807) is 0 Å². The Hall–Kier alpha value is -0.770. The van der Waals surface area contributed by atoms with Crippen molar-refractivity contribution in [1.82, 2.24) is 5.32 Å². The lowest BCUT2D eigenvalue weighted by Gasteiger charge is -2.12. The zero-order chi connectivity index (χ0) is 15.0. The summed E-state index contributed by atoms with van der Waals surface area (Å²) in [4.78, 5) is 0. The summed E-state index contributed by atoms with van der Waals surface area (Å²) in [6.45, 7) is 11.1. The highest BCUT2D eigenvalue weighted by Crippen LogP contribution is 2.25. The molecular weight excluding hydrogens is 274 g/mol. The van der Waals surface area contributed by atoms with E-state index >= 15 is 0 Å². The lowest BCUT2D eigenvalue weighted by atomic mass is 10.1. The van der Waals surface area contributed by atoms with Crippen molar-refractivity contribution in [2.45, 2.75) is 40.2 Å². The minimum Gasteiger partial charge on any atom is -0.491 e. The molecule has 4 heteroatoms. The standard InChI is InChI=1S/C16H26ClNO2/c1-5-14(4)18-6-7-19-8-9-20-15-10-12(2)16(17)13(3)11-15/h10-11,14,18H,5-9H2,1-4H3/t14-/m0/s1. The summed E-state index contributed by atoms with van der Waals surface area (Å²) in [6, 6.07) is 4.47. The van der Waals surface area contributed by atoms with Gasteiger partial charge in [-0.05, 0) is 50.5 Å². The van der Waals surface area contributed by atoms with Crippen LogP contribution in [0.3, 0.4) is 0 Å². The fraction of sp³-hybridized carbons (Fsp3) is 0.625. The molecule has 1 rings (SSSR count). The number of hydrogen-bond donors (Lipinski definition) is 1. The third-order valence-corrected chi connectivity index (χ3v) is 3.85. The Morgan fingerprint density at radius 2 is 1.80 bits per heavy atom. The molecule has 0 spiro atoms. The minimum atomic E-state index is 0.551. The predicted octanol–water partition coefficient (Wildman–Crippen LogP) is 3.74. The molecule has 0 fully saturated rings. The first-order valence-electron chi connectivity index (χ1n) is 7.25. The van der Waals surface area contributed by atoms with Gasteiger partial charge in [-0.2, -0.15) is 0 Å². The average molecular weight is 300 g/mol. The number of nitrogens with one attached hydrogen (secondary N) is 1. The molecule has 0 aromatic heterocycles. The van der Waals surface area contributed by atoms with E-state index in [-0.39, 0.29) is 0 Å². The summed E-state index contributed by atoms with van der Waals surface area (Å²) in [5.74, 6) is 0.853. The van der Waals surface area contributed by atoms with E-state index in [4.69, 9.17) is 21.1 Å². The van der Waals surface area contributed by atoms with Crippen molar-refractivity contribution in [3.05, 3.63) is 28.3 Å². The van der Waals surface area contributed by atoms with Crippen LogP contribution in [-0.2, 0) is 4.74 Å². The van der Waals surface area contributed by atoms with Gasteiger partial charge in [-0.25, -0.2) is 0 Å². The molecule has 0 aliphatic carbocycles. The van der Waals surface area contributed by atoms with Gasteiger partial charge in [0.15, 0.2) is 0 Å². The Balaban J connectivity index is 2.16. The SMILES string of the molecule is CC[C@H](C)NCCOCCOc1cc(C)c(Cl)c(C)c1. The molecule has 0 unspecified atom stereocenters. The number of halogens is 1. The molecular formula is C16H26ClNO2. The Labute approximate surface area is 127 Å². The third kappa shape index (κ3) is 6.12. The van der Waals surface area contributed by atoms with E-state index in [1.807, 2.05) is 26.0 Å². The first-order chi connectivity index (χ1) is 9.54. The topological polar surface area (TPSA) is 30.5 Å². The van der Waals surface area contributed by atoms with Gasteiger partial charge in [0, 0.05) is 17.6 Å². The molecule has 1 aromatic rings. The van der Waals surface area contributed by atoms with Crippen LogP contribution in [-0.4, -0.2) is 32.4 Å². The van der Waals surface area contributed by atoms with E-state index in [1.165, 1.54) is 0 Å². The fourth-order valence-electron chi connectivity index (χ4n) is 1.83. The second-order valence-corrected chi connectivity index (χ2v) is 5.47. The highest BCUT2D eigenvalue weighted by atomic mass is 35.5. The quantitative estimate of drug-likeness (QED) is 0.705. The molecule has 20 heavy (non-hydrogen) atoms. The van der Waals surface area contributed by atoms with Crippen LogP contribution in [0.2, 0.25) is 5.02 Å². The smallest absolute Gasteiger partial charge is 0.120 e. The van der Waals surface area contributed by atoms with Gasteiger partial charge in [-0.3, -0.25) is 0 Å². The summed E-state index contributed by atoms with van der Waals surface area (Å²) in [7, 11) is 0. The van der Waals surface area contributed by atoms with Crippen molar-refractivity contribution in [3.63, 3.8) is 0 Å². The first-order valence-corrected chi connectivity index (χ1v) is 7.63. The second kappa shape index (κ2) is 9.22. The molecule has 0 aliphatic heterocycles. The predicted molar refractivity (Wildman–Crippen MR) is 85.0 cm³/mol. The van der Waals surface area contributed by atoms with Gasteiger partial charge in [0.2, 0.25) is 0 Å². The molecule has 0 amide bonds. The van der Waals surface area contributed by atoms with Crippen molar-refractivity contribution in [3.8, 4) is 5.75 Å². The Morgan fingerprint density at radius 3 is 2.40 bits per heavy atom. The zero-order valence-electron chi connectivity index (χ0n) is 13.0. The van der Waals surface area contributed by atoms with Crippen LogP contribution in [0.15, 0.2) is 12.1 Å². The first kappa shape index (κ1) is 17.3. The van der Waals surface area contributed by atoms with Gasteiger partial charge in [-0.15, -0.1) is 0 Å². The Morgan fingerprint density at radius 1 is 1.15 bits per heavy atom. The minimum absolute atomic E-state index is 0.551. The van der Waals surface area contributed by atoms with E-state index in [2.05, 4.69) is 19.2 Å². The largest absolute Gasteiger partial charge is 0.491 e. The number of aryl methyl sites for hydroxylation is 2. The average Bonchev–Trinajstić information content (AvgIpc) is 2.43. The van der Waals surface area contributed by atoms with Crippen LogP contribution >= 0.6 is 11.6 Å². The molecule has 0 saturated heterocycles. The normalized spacial score (nSPS) is 12.4. The third-order valence-electron chi connectivity index (χ3n) is 3.26. The van der Waals surface area contributed by atoms with Gasteiger partial charge in [0.25, 0.3) is 0 Å². The van der Waals surface area contributed by atoms with E-state index < -0.39 is 0 Å². The Bertz CT molecular complexity index is 386. The Kier molecular flexibility index (Phi) is 7.97. The number of benzene rings is 1. The fourth-order valence-corrected chi connectivity index (χ4v) is 1.94. The van der Waals surface area contributed by atoms with Crippen LogP contribution in [0.5, 0.6) is 5.75 Å². The molecule has 0 aliphatic rings. The van der Waals surface area contributed by atoms with Gasteiger partial charge < -0.3 is 14.8 Å². The zero-order valence-corrected chi connectivity index (χ0v) is 13.7. The van der Waals surface area contributed by atoms with Crippen LogP contribution in [0.1, 0.15) is 31.4 Å². The van der Waals surface area contributed by atoms with Crippen molar-refractivity contribution >= 4 is 11.6 Å². The monoisotopic (exact) mass is 299 g/mol. The molecule has 1 N–H and O–H groups in total. The van der Waals surface area contributed by atoms with E-state index in [0.29, 0.717) is 25.9 Å². The highest BCUT2D eigenvalue weighted by molar-refractivity contribution is 6.32. The van der Waals surface area contributed by atoms with Gasteiger partial charge in [0.1, 0.15) is 12.4 Å². The summed E-state index contributed by atoms with van der Waals surface area (Å²) in [5.41, 5.74) is 2.08. The summed E-state index contributed by atoms with van der Waals surface area (Å²) >= 11 is 6.12. The van der Waals surface area contributed by atoms with Crippen molar-refractivity contribution in [1.29, 1.82) is 0 Å². The van der Waals surface area contributed by atoms with Gasteiger partial charge >= 0.3 is 0 Å². The lowest BCUT2D eigenvalue weighted by molar-refractivity contribution is 0.100. The van der Waals surface area contributed by atoms with E-state index in [9.17, 15) is 0 Å². The molecule has 0 saturated carbocycles. The van der Waals surface area contributed by atoms with Crippen LogP contribution < -0.4 is 10.1 Å². The van der Waals surface area contributed by atoms with Crippen molar-refractivity contribution in [2.24, 2.45) is 0 Å². The van der Waals surface area contributed by atoms with Gasteiger partial charge in [0.05, 0.1) is 13.2 Å². The number of hydrogen-bond acceptors (Lipinski definition) is 3. The van der Waals surface area contributed by atoms with Crippen LogP contribution in [0.4, 0.5) is 0 Å². The van der Waals surface area contributed by atoms with Crippen molar-refractivity contribution in [2.75, 3.05) is 26.4 Å². The molecule has 114 valence electrons. The highest BCUT2D eigenvalue weighted by Gasteiger charge is 2.03. The maximum absolute atomic E-state index is 6.12. The maximum atomic E-state index is 6.12. The number of rotatable bonds is 9. The molecule has 3 nitrogen and oxygen atoms in total. The van der Waals surface area contributed by atoms with E-state index in [0.717, 1.165) is 34.9 Å². The van der Waals surface area contributed by atoms with Crippen LogP contribution in [0.25, 0.3) is 0 Å². The van der Waals surface area contributed by atoms with Crippen LogP contribution in [0, 0.1) is 13.8 Å². The second-order valence-electron chi connectivity index (χ2n) is 5.10. The molecule has 0 heterocycles. The molecule has 1 atom stereocenters. The summed E-state index contributed by atoms with van der Waals surface area (Å²) in [5, 5.41) is 4.19.